The van der Waals surface area contributed by atoms with E-state index >= 15 is 0 Å². The lowest BCUT2D eigenvalue weighted by molar-refractivity contribution is 0.349. The van der Waals surface area contributed by atoms with Gasteiger partial charge >= 0.3 is 0 Å². The van der Waals surface area contributed by atoms with E-state index in [-0.39, 0.29) is 0 Å². The average molecular weight is 329 g/mol. The minimum absolute atomic E-state index is 0.443. The molecule has 2 heterocycles. The first-order chi connectivity index (χ1) is 11.2. The number of fused-ring (bicyclic) bond motifs is 5. The minimum Gasteiger partial charge on any atom is -0.493 e. The van der Waals surface area contributed by atoms with Gasteiger partial charge in [-0.2, -0.15) is 0 Å². The molecule has 0 unspecified atom stereocenters. The summed E-state index contributed by atoms with van der Waals surface area (Å²) in [6.45, 7) is 3.26. The molecule has 122 valence electrons. The molecule has 0 radical (unpaired) electrons. The molecule has 4 rings (SSSR count). The van der Waals surface area contributed by atoms with Gasteiger partial charge in [-0.05, 0) is 54.2 Å². The molecular weight excluding hydrogens is 306 g/mol. The van der Waals surface area contributed by atoms with Crippen molar-refractivity contribution in [2.75, 3.05) is 14.2 Å². The standard InChI is InChI=1S/C19H23NO2S/c1-4-12-8-14-18(23-12)10-20-15-6-5-11-7-16(21-2)17(22-3)9-13(11)19(14)15/h7-9,15,19-20H,4-6,10H2,1-3H3/t15-,19+/m1/s1. The molecule has 0 spiro atoms. The summed E-state index contributed by atoms with van der Waals surface area (Å²) >= 11 is 1.96. The first-order valence-corrected chi connectivity index (χ1v) is 9.16. The molecular formula is C19H23NO2S. The molecule has 1 N–H and O–H groups in total. The van der Waals surface area contributed by atoms with Crippen molar-refractivity contribution < 1.29 is 9.47 Å². The number of methoxy groups -OCH3 is 2. The van der Waals surface area contributed by atoms with E-state index < -0.39 is 0 Å². The van der Waals surface area contributed by atoms with Gasteiger partial charge in [-0.3, -0.25) is 0 Å². The number of rotatable bonds is 3. The summed E-state index contributed by atoms with van der Waals surface area (Å²) in [5.74, 6) is 2.12. The normalized spacial score (nSPS) is 22.0. The Morgan fingerprint density at radius 2 is 1.91 bits per heavy atom. The molecule has 1 aromatic carbocycles. The van der Waals surface area contributed by atoms with Crippen LogP contribution in [0.1, 0.15) is 45.7 Å². The zero-order chi connectivity index (χ0) is 16.0. The van der Waals surface area contributed by atoms with Crippen LogP contribution < -0.4 is 14.8 Å². The number of thiophene rings is 1. The molecule has 0 saturated heterocycles. The first-order valence-electron chi connectivity index (χ1n) is 8.34. The molecule has 1 aliphatic carbocycles. The number of hydrogen-bond donors (Lipinski definition) is 1. The average Bonchev–Trinajstić information content (AvgIpc) is 3.03. The SMILES string of the molecule is CCc1cc2c(s1)CN[C@@H]1CCc3cc(OC)c(OC)cc3[C@@H]21. The van der Waals surface area contributed by atoms with Gasteiger partial charge in [-0.25, -0.2) is 0 Å². The van der Waals surface area contributed by atoms with Crippen molar-refractivity contribution in [3.05, 3.63) is 44.6 Å². The van der Waals surface area contributed by atoms with Crippen molar-refractivity contribution >= 4 is 11.3 Å². The Morgan fingerprint density at radius 3 is 2.65 bits per heavy atom. The van der Waals surface area contributed by atoms with Gasteiger partial charge in [0, 0.05) is 28.3 Å². The van der Waals surface area contributed by atoms with Crippen molar-refractivity contribution in [1.29, 1.82) is 0 Å². The molecule has 2 aromatic rings. The van der Waals surface area contributed by atoms with E-state index in [1.54, 1.807) is 14.2 Å². The van der Waals surface area contributed by atoms with E-state index in [1.165, 1.54) is 32.9 Å². The number of ether oxygens (including phenoxy) is 2. The van der Waals surface area contributed by atoms with Crippen LogP contribution in [0.3, 0.4) is 0 Å². The summed E-state index contributed by atoms with van der Waals surface area (Å²) in [6.07, 6.45) is 3.40. The third-order valence-electron chi connectivity index (χ3n) is 5.21. The topological polar surface area (TPSA) is 30.5 Å². The number of hydrogen-bond acceptors (Lipinski definition) is 4. The van der Waals surface area contributed by atoms with Gasteiger partial charge in [0.25, 0.3) is 0 Å². The summed E-state index contributed by atoms with van der Waals surface area (Å²) < 4.78 is 11.0. The van der Waals surface area contributed by atoms with E-state index in [4.69, 9.17) is 9.47 Å². The molecule has 0 bridgehead atoms. The smallest absolute Gasteiger partial charge is 0.161 e. The monoisotopic (exact) mass is 329 g/mol. The van der Waals surface area contributed by atoms with Crippen LogP contribution in [-0.2, 0) is 19.4 Å². The summed E-state index contributed by atoms with van der Waals surface area (Å²) in [6, 6.07) is 7.34. The Kier molecular flexibility index (Phi) is 3.82. The Morgan fingerprint density at radius 1 is 1.13 bits per heavy atom. The van der Waals surface area contributed by atoms with Crippen LogP contribution in [0.2, 0.25) is 0 Å². The predicted octanol–water partition coefficient (Wildman–Crippen LogP) is 3.88. The number of nitrogens with one attached hydrogen (secondary N) is 1. The number of aryl methyl sites for hydroxylation is 2. The maximum atomic E-state index is 5.55. The Hall–Kier alpha value is -1.52. The lowest BCUT2D eigenvalue weighted by Gasteiger charge is -2.38. The molecule has 1 aliphatic heterocycles. The second kappa shape index (κ2) is 5.84. The van der Waals surface area contributed by atoms with Gasteiger partial charge in [0.15, 0.2) is 11.5 Å². The highest BCUT2D eigenvalue weighted by Crippen LogP contribution is 2.46. The summed E-state index contributed by atoms with van der Waals surface area (Å²) in [5, 5.41) is 3.76. The van der Waals surface area contributed by atoms with Crippen LogP contribution in [0.5, 0.6) is 11.5 Å². The second-order valence-corrected chi connectivity index (χ2v) is 7.58. The molecule has 0 fully saturated rings. The van der Waals surface area contributed by atoms with Crippen LogP contribution >= 0.6 is 11.3 Å². The Labute approximate surface area is 141 Å². The zero-order valence-electron chi connectivity index (χ0n) is 13.9. The van der Waals surface area contributed by atoms with Gasteiger partial charge in [0.2, 0.25) is 0 Å². The van der Waals surface area contributed by atoms with Crippen LogP contribution in [0.25, 0.3) is 0 Å². The van der Waals surface area contributed by atoms with Gasteiger partial charge in [0.1, 0.15) is 0 Å². The van der Waals surface area contributed by atoms with Crippen LogP contribution in [0.15, 0.2) is 18.2 Å². The predicted molar refractivity (Wildman–Crippen MR) is 94.0 cm³/mol. The van der Waals surface area contributed by atoms with Crippen molar-refractivity contribution in [3.8, 4) is 11.5 Å². The fourth-order valence-electron chi connectivity index (χ4n) is 4.04. The molecule has 0 saturated carbocycles. The fourth-order valence-corrected chi connectivity index (χ4v) is 5.15. The van der Waals surface area contributed by atoms with Crippen LogP contribution in [0.4, 0.5) is 0 Å². The minimum atomic E-state index is 0.443. The van der Waals surface area contributed by atoms with Crippen molar-refractivity contribution in [2.24, 2.45) is 0 Å². The maximum absolute atomic E-state index is 5.55. The highest BCUT2D eigenvalue weighted by Gasteiger charge is 2.36. The van der Waals surface area contributed by atoms with E-state index in [1.807, 2.05) is 11.3 Å². The zero-order valence-corrected chi connectivity index (χ0v) is 14.8. The van der Waals surface area contributed by atoms with Crippen LogP contribution in [-0.4, -0.2) is 20.3 Å². The molecule has 23 heavy (non-hydrogen) atoms. The lowest BCUT2D eigenvalue weighted by atomic mass is 9.74. The Bertz CT molecular complexity index is 737. The van der Waals surface area contributed by atoms with E-state index in [0.29, 0.717) is 12.0 Å². The molecule has 4 heteroatoms. The summed E-state index contributed by atoms with van der Waals surface area (Å²) in [7, 11) is 3.43. The first kappa shape index (κ1) is 15.0. The third-order valence-corrected chi connectivity index (χ3v) is 6.50. The maximum Gasteiger partial charge on any atom is 0.161 e. The van der Waals surface area contributed by atoms with E-state index in [0.717, 1.165) is 30.9 Å². The van der Waals surface area contributed by atoms with Gasteiger partial charge < -0.3 is 14.8 Å². The van der Waals surface area contributed by atoms with Gasteiger partial charge in [-0.15, -0.1) is 11.3 Å². The molecule has 2 aliphatic rings. The summed E-state index contributed by atoms with van der Waals surface area (Å²) in [5.41, 5.74) is 4.35. The van der Waals surface area contributed by atoms with E-state index in [9.17, 15) is 0 Å². The molecule has 2 atom stereocenters. The molecule has 3 nitrogen and oxygen atoms in total. The van der Waals surface area contributed by atoms with Gasteiger partial charge in [-0.1, -0.05) is 6.92 Å². The third kappa shape index (κ3) is 2.36. The van der Waals surface area contributed by atoms with Crippen molar-refractivity contribution in [3.63, 3.8) is 0 Å². The van der Waals surface area contributed by atoms with Crippen molar-refractivity contribution in [2.45, 2.75) is 44.7 Å². The lowest BCUT2D eigenvalue weighted by Crippen LogP contribution is -2.42. The number of benzene rings is 1. The second-order valence-electron chi connectivity index (χ2n) is 6.35. The fraction of sp³-hybridized carbons (Fsp3) is 0.474. The Balaban J connectivity index is 1.86. The quantitative estimate of drug-likeness (QED) is 0.927. The van der Waals surface area contributed by atoms with Crippen molar-refractivity contribution in [1.82, 2.24) is 5.32 Å². The van der Waals surface area contributed by atoms with E-state index in [2.05, 4.69) is 30.4 Å². The highest BCUT2D eigenvalue weighted by molar-refractivity contribution is 7.12. The summed E-state index contributed by atoms with van der Waals surface area (Å²) in [4.78, 5) is 3.00. The largest absolute Gasteiger partial charge is 0.493 e. The molecule has 1 aromatic heterocycles. The highest BCUT2D eigenvalue weighted by atomic mass is 32.1. The van der Waals surface area contributed by atoms with Crippen LogP contribution in [0, 0.1) is 0 Å². The molecule has 0 amide bonds. The van der Waals surface area contributed by atoms with Gasteiger partial charge in [0.05, 0.1) is 14.2 Å².